The van der Waals surface area contributed by atoms with Gasteiger partial charge in [-0.25, -0.2) is 4.52 Å². The quantitative estimate of drug-likeness (QED) is 0.658. The molecule has 3 aromatic rings. The summed E-state index contributed by atoms with van der Waals surface area (Å²) in [6.07, 6.45) is 6.20. The van der Waals surface area contributed by atoms with Crippen molar-refractivity contribution in [3.05, 3.63) is 29.6 Å². The highest BCUT2D eigenvalue weighted by Gasteiger charge is 2.16. The normalized spacial score (nSPS) is 15.1. The van der Waals surface area contributed by atoms with E-state index in [1.807, 2.05) is 34.2 Å². The summed E-state index contributed by atoms with van der Waals surface area (Å²) in [4.78, 5) is 5.36. The van der Waals surface area contributed by atoms with Crippen LogP contribution in [0.25, 0.3) is 16.2 Å². The van der Waals surface area contributed by atoms with E-state index in [-0.39, 0.29) is 0 Å². The number of anilines is 1. The minimum Gasteiger partial charge on any atom is -0.497 e. The van der Waals surface area contributed by atoms with Gasteiger partial charge in [0.1, 0.15) is 5.75 Å². The number of nitrogens with one attached hydrogen (secondary N) is 2. The smallest absolute Gasteiger partial charge is 0.250 e. The number of thiocarbonyl (C=S) groups is 1. The lowest BCUT2D eigenvalue weighted by Crippen LogP contribution is -2.39. The molecule has 136 valence electrons. The first-order valence-electron chi connectivity index (χ1n) is 8.79. The average molecular weight is 388 g/mol. The highest BCUT2D eigenvalue weighted by atomic mass is 32.1. The summed E-state index contributed by atoms with van der Waals surface area (Å²) >= 11 is 6.98. The van der Waals surface area contributed by atoms with Crippen molar-refractivity contribution in [2.45, 2.75) is 38.1 Å². The van der Waals surface area contributed by atoms with E-state index in [1.54, 1.807) is 18.4 Å². The third-order valence-electron chi connectivity index (χ3n) is 4.61. The second-order valence-corrected chi connectivity index (χ2v) is 7.66. The van der Waals surface area contributed by atoms with Gasteiger partial charge < -0.3 is 10.1 Å². The first-order valence-corrected chi connectivity index (χ1v) is 10.1. The van der Waals surface area contributed by atoms with E-state index in [9.17, 15) is 0 Å². The van der Waals surface area contributed by atoms with Gasteiger partial charge in [-0.15, -0.1) is 16.4 Å². The van der Waals surface area contributed by atoms with Crippen LogP contribution in [0.4, 0.5) is 5.95 Å². The molecule has 0 radical (unpaired) electrons. The molecule has 0 aliphatic heterocycles. The van der Waals surface area contributed by atoms with Gasteiger partial charge in [-0.05, 0) is 37.2 Å². The van der Waals surface area contributed by atoms with Crippen LogP contribution in [-0.2, 0) is 0 Å². The second-order valence-electron chi connectivity index (χ2n) is 6.42. The number of aromatic nitrogens is 3. The molecule has 0 bridgehead atoms. The monoisotopic (exact) mass is 387 g/mol. The zero-order valence-corrected chi connectivity index (χ0v) is 16.2. The predicted molar refractivity (Wildman–Crippen MR) is 109 cm³/mol. The first-order chi connectivity index (χ1) is 12.7. The third kappa shape index (κ3) is 3.66. The fourth-order valence-corrected chi connectivity index (χ4v) is 4.37. The van der Waals surface area contributed by atoms with E-state index in [0.717, 1.165) is 22.0 Å². The Kier molecular flexibility index (Phi) is 5.03. The summed E-state index contributed by atoms with van der Waals surface area (Å²) in [6, 6.07) is 8.38. The number of nitrogens with zero attached hydrogens (tertiary/aromatic N) is 3. The number of benzene rings is 1. The summed E-state index contributed by atoms with van der Waals surface area (Å²) < 4.78 is 7.15. The molecule has 6 nitrogen and oxygen atoms in total. The molecular weight excluding hydrogens is 366 g/mol. The van der Waals surface area contributed by atoms with Crippen LogP contribution >= 0.6 is 23.6 Å². The summed E-state index contributed by atoms with van der Waals surface area (Å²) in [5, 5.41) is 13.7. The molecule has 4 rings (SSSR count). The first kappa shape index (κ1) is 17.2. The van der Waals surface area contributed by atoms with E-state index >= 15 is 0 Å². The van der Waals surface area contributed by atoms with Crippen molar-refractivity contribution in [1.29, 1.82) is 0 Å². The maximum atomic E-state index is 5.43. The van der Waals surface area contributed by atoms with E-state index in [1.165, 1.54) is 32.1 Å². The summed E-state index contributed by atoms with van der Waals surface area (Å²) in [5.41, 5.74) is 2.02. The molecule has 1 saturated carbocycles. The lowest BCUT2D eigenvalue weighted by atomic mass is 9.96. The number of thiazole rings is 1. The zero-order chi connectivity index (χ0) is 17.9. The Morgan fingerprint density at radius 1 is 1.31 bits per heavy atom. The van der Waals surface area contributed by atoms with E-state index < -0.39 is 0 Å². The van der Waals surface area contributed by atoms with Crippen LogP contribution in [-0.4, -0.2) is 32.9 Å². The SMILES string of the molecule is COc1cccc(-c2csc3nc(NC(=S)NC4CCCCC4)nn23)c1. The molecule has 0 saturated heterocycles. The van der Waals surface area contributed by atoms with Crippen LogP contribution in [0, 0.1) is 0 Å². The molecule has 1 aliphatic rings. The van der Waals surface area contributed by atoms with Gasteiger partial charge in [-0.1, -0.05) is 31.4 Å². The van der Waals surface area contributed by atoms with Crippen LogP contribution in [0.15, 0.2) is 29.6 Å². The second kappa shape index (κ2) is 7.59. The van der Waals surface area contributed by atoms with Crippen LogP contribution in [0.1, 0.15) is 32.1 Å². The maximum absolute atomic E-state index is 5.43. The topological polar surface area (TPSA) is 63.5 Å². The molecule has 0 unspecified atom stereocenters. The number of hydrogen-bond acceptors (Lipinski definition) is 5. The molecule has 1 fully saturated rings. The number of fused-ring (bicyclic) bond motifs is 1. The maximum Gasteiger partial charge on any atom is 0.250 e. The molecule has 1 aromatic carbocycles. The van der Waals surface area contributed by atoms with Crippen LogP contribution in [0.5, 0.6) is 5.75 Å². The zero-order valence-electron chi connectivity index (χ0n) is 14.6. The Hall–Kier alpha value is -2.19. The van der Waals surface area contributed by atoms with E-state index in [2.05, 4.69) is 20.7 Å². The fraction of sp³-hybridized carbons (Fsp3) is 0.389. The van der Waals surface area contributed by atoms with Crippen LogP contribution < -0.4 is 15.4 Å². The lowest BCUT2D eigenvalue weighted by molar-refractivity contribution is 0.414. The molecular formula is C18H21N5OS2. The van der Waals surface area contributed by atoms with Gasteiger partial charge in [0.15, 0.2) is 5.11 Å². The number of ether oxygens (including phenoxy) is 1. The largest absolute Gasteiger partial charge is 0.497 e. The van der Waals surface area contributed by atoms with Crippen molar-refractivity contribution in [2.75, 3.05) is 12.4 Å². The third-order valence-corrected chi connectivity index (χ3v) is 5.65. The summed E-state index contributed by atoms with van der Waals surface area (Å²) in [7, 11) is 1.67. The van der Waals surface area contributed by atoms with Gasteiger partial charge in [-0.2, -0.15) is 4.98 Å². The average Bonchev–Trinajstić information content (AvgIpc) is 3.22. The molecule has 0 atom stereocenters. The van der Waals surface area contributed by atoms with Crippen LogP contribution in [0.2, 0.25) is 0 Å². The van der Waals surface area contributed by atoms with E-state index in [0.29, 0.717) is 17.1 Å². The standard InChI is InChI=1S/C18H21N5OS2/c1-24-14-9-5-6-12(10-14)15-11-26-18-21-16(22-23(15)18)20-17(25)19-13-7-3-2-4-8-13/h5-6,9-11,13H,2-4,7-8H2,1H3,(H2,19,20,22,25). The Balaban J connectivity index is 1.51. The highest BCUT2D eigenvalue weighted by molar-refractivity contribution is 7.80. The van der Waals surface area contributed by atoms with Gasteiger partial charge in [0.05, 0.1) is 12.8 Å². The fourth-order valence-electron chi connectivity index (χ4n) is 3.29. The minimum atomic E-state index is 0.458. The minimum absolute atomic E-state index is 0.458. The van der Waals surface area contributed by atoms with Gasteiger partial charge in [0.25, 0.3) is 0 Å². The summed E-state index contributed by atoms with van der Waals surface area (Å²) in [5.74, 6) is 1.34. The van der Waals surface area contributed by atoms with Crippen molar-refractivity contribution in [2.24, 2.45) is 0 Å². The molecule has 1 aliphatic carbocycles. The molecule has 26 heavy (non-hydrogen) atoms. The Morgan fingerprint density at radius 3 is 2.96 bits per heavy atom. The van der Waals surface area contributed by atoms with Gasteiger partial charge in [0, 0.05) is 17.0 Å². The number of hydrogen-bond donors (Lipinski definition) is 2. The van der Waals surface area contributed by atoms with Crippen molar-refractivity contribution in [1.82, 2.24) is 19.9 Å². The van der Waals surface area contributed by atoms with Crippen molar-refractivity contribution in [3.8, 4) is 17.0 Å². The van der Waals surface area contributed by atoms with Gasteiger partial charge >= 0.3 is 0 Å². The number of rotatable bonds is 4. The molecule has 0 amide bonds. The molecule has 0 spiro atoms. The molecule has 8 heteroatoms. The summed E-state index contributed by atoms with van der Waals surface area (Å²) in [6.45, 7) is 0. The Bertz CT molecular complexity index is 913. The predicted octanol–water partition coefficient (Wildman–Crippen LogP) is 4.09. The van der Waals surface area contributed by atoms with E-state index in [4.69, 9.17) is 17.0 Å². The molecule has 2 heterocycles. The Morgan fingerprint density at radius 2 is 2.15 bits per heavy atom. The van der Waals surface area contributed by atoms with Crippen molar-refractivity contribution >= 4 is 39.6 Å². The molecule has 2 aromatic heterocycles. The number of methoxy groups -OCH3 is 1. The van der Waals surface area contributed by atoms with Crippen LogP contribution in [0.3, 0.4) is 0 Å². The molecule has 2 N–H and O–H groups in total. The van der Waals surface area contributed by atoms with Crippen molar-refractivity contribution < 1.29 is 4.74 Å². The van der Waals surface area contributed by atoms with Gasteiger partial charge in [-0.3, -0.25) is 5.32 Å². The highest BCUT2D eigenvalue weighted by Crippen LogP contribution is 2.28. The van der Waals surface area contributed by atoms with Crippen molar-refractivity contribution in [3.63, 3.8) is 0 Å². The van der Waals surface area contributed by atoms with Gasteiger partial charge in [0.2, 0.25) is 10.9 Å². The lowest BCUT2D eigenvalue weighted by Gasteiger charge is -2.23. The Labute approximate surface area is 161 Å².